The summed E-state index contributed by atoms with van der Waals surface area (Å²) < 4.78 is 0. The van der Waals surface area contributed by atoms with Gasteiger partial charge in [0.1, 0.15) is 0 Å². The fourth-order valence-electron chi connectivity index (χ4n) is 2.47. The number of aliphatic carboxylic acids is 1. The fourth-order valence-corrected chi connectivity index (χ4v) is 2.47. The van der Waals surface area contributed by atoms with Gasteiger partial charge in [-0.2, -0.15) is 5.10 Å². The van der Waals surface area contributed by atoms with Crippen LogP contribution < -0.4 is 0 Å². The number of nitrogens with one attached hydrogen (secondary N) is 1. The summed E-state index contributed by atoms with van der Waals surface area (Å²) in [4.78, 5) is 29.0. The molecular weight excluding hydrogens is 260 g/mol. The SMILES string of the molecule is Cc1[nH]nc2ncc(C(=O)N3CC[C@H](C(=O)O)C3)cc12. The average Bonchev–Trinajstić information content (AvgIpc) is 3.05. The van der Waals surface area contributed by atoms with Crippen molar-refractivity contribution in [1.29, 1.82) is 0 Å². The number of carboxylic acids is 1. The lowest BCUT2D eigenvalue weighted by Gasteiger charge is -2.15. The van der Waals surface area contributed by atoms with Gasteiger partial charge in [-0.3, -0.25) is 14.7 Å². The number of aromatic nitrogens is 3. The molecule has 0 unspecified atom stereocenters. The number of carboxylic acid groups (broad SMARTS) is 1. The molecule has 0 aliphatic carbocycles. The highest BCUT2D eigenvalue weighted by Crippen LogP contribution is 2.20. The lowest BCUT2D eigenvalue weighted by molar-refractivity contribution is -0.141. The second-order valence-corrected chi connectivity index (χ2v) is 5.02. The number of carbonyl (C=O) groups excluding carboxylic acids is 1. The number of aryl methyl sites for hydroxylation is 1. The van der Waals surface area contributed by atoms with Gasteiger partial charge in [0.05, 0.1) is 11.5 Å². The number of H-pyrrole nitrogens is 1. The van der Waals surface area contributed by atoms with Crippen LogP contribution in [0.15, 0.2) is 12.3 Å². The number of hydrogen-bond donors (Lipinski definition) is 2. The monoisotopic (exact) mass is 274 g/mol. The molecule has 7 heteroatoms. The van der Waals surface area contributed by atoms with E-state index >= 15 is 0 Å². The summed E-state index contributed by atoms with van der Waals surface area (Å²) in [5, 5.41) is 16.6. The zero-order valence-corrected chi connectivity index (χ0v) is 11.0. The Bertz CT molecular complexity index is 694. The van der Waals surface area contributed by atoms with Crippen LogP contribution in [-0.4, -0.2) is 50.2 Å². The van der Waals surface area contributed by atoms with Gasteiger partial charge in [0.2, 0.25) is 0 Å². The first-order valence-electron chi connectivity index (χ1n) is 6.39. The Labute approximate surface area is 114 Å². The standard InChI is InChI=1S/C13H14N4O3/c1-7-10-4-9(5-14-11(10)16-15-7)12(18)17-3-2-8(6-17)13(19)20/h4-5,8H,2-3,6H2,1H3,(H,19,20)(H,14,15,16)/t8-/m0/s1. The van der Waals surface area contributed by atoms with E-state index in [4.69, 9.17) is 5.11 Å². The number of hydrogen-bond acceptors (Lipinski definition) is 4. The minimum Gasteiger partial charge on any atom is -0.481 e. The molecule has 2 N–H and O–H groups in total. The van der Waals surface area contributed by atoms with Gasteiger partial charge in [0, 0.05) is 30.4 Å². The Hall–Kier alpha value is -2.44. The molecule has 7 nitrogen and oxygen atoms in total. The topological polar surface area (TPSA) is 99.2 Å². The highest BCUT2D eigenvalue weighted by atomic mass is 16.4. The summed E-state index contributed by atoms with van der Waals surface area (Å²) in [5.74, 6) is -1.49. The molecule has 1 aliphatic heterocycles. The molecule has 3 rings (SSSR count). The smallest absolute Gasteiger partial charge is 0.308 e. The first kappa shape index (κ1) is 12.6. The van der Waals surface area contributed by atoms with Crippen LogP contribution in [0.4, 0.5) is 0 Å². The minimum absolute atomic E-state index is 0.177. The van der Waals surface area contributed by atoms with Crippen molar-refractivity contribution in [2.24, 2.45) is 5.92 Å². The quantitative estimate of drug-likeness (QED) is 0.844. The van der Waals surface area contributed by atoms with E-state index in [0.29, 0.717) is 24.2 Å². The molecule has 2 aromatic rings. The van der Waals surface area contributed by atoms with Crippen molar-refractivity contribution in [3.8, 4) is 0 Å². The maximum absolute atomic E-state index is 12.4. The van der Waals surface area contributed by atoms with Crippen molar-refractivity contribution in [2.45, 2.75) is 13.3 Å². The maximum atomic E-state index is 12.4. The predicted octanol–water partition coefficient (Wildman–Crippen LogP) is 0.813. The minimum atomic E-state index is -0.848. The molecule has 2 aromatic heterocycles. The van der Waals surface area contributed by atoms with Crippen molar-refractivity contribution < 1.29 is 14.7 Å². The van der Waals surface area contributed by atoms with E-state index in [1.54, 1.807) is 11.0 Å². The van der Waals surface area contributed by atoms with Crippen LogP contribution in [0.1, 0.15) is 22.5 Å². The van der Waals surface area contributed by atoms with Crippen LogP contribution in [0.2, 0.25) is 0 Å². The molecule has 1 amide bonds. The molecule has 0 radical (unpaired) electrons. The van der Waals surface area contributed by atoms with Crippen molar-refractivity contribution in [3.63, 3.8) is 0 Å². The van der Waals surface area contributed by atoms with Gasteiger partial charge in [0.15, 0.2) is 5.65 Å². The third-order valence-corrected chi connectivity index (χ3v) is 3.67. The third-order valence-electron chi connectivity index (χ3n) is 3.67. The molecule has 1 fully saturated rings. The number of fused-ring (bicyclic) bond motifs is 1. The lowest BCUT2D eigenvalue weighted by atomic mass is 10.1. The number of rotatable bonds is 2. The molecule has 104 valence electrons. The summed E-state index contributed by atoms with van der Waals surface area (Å²) in [6.45, 7) is 2.59. The Morgan fingerprint density at radius 1 is 1.50 bits per heavy atom. The van der Waals surface area contributed by atoms with E-state index in [-0.39, 0.29) is 12.5 Å². The van der Waals surface area contributed by atoms with E-state index in [0.717, 1.165) is 11.1 Å². The summed E-state index contributed by atoms with van der Waals surface area (Å²) >= 11 is 0. The Morgan fingerprint density at radius 3 is 3.00 bits per heavy atom. The molecule has 1 saturated heterocycles. The number of likely N-dealkylation sites (tertiary alicyclic amines) is 1. The largest absolute Gasteiger partial charge is 0.481 e. The van der Waals surface area contributed by atoms with Crippen molar-refractivity contribution in [3.05, 3.63) is 23.5 Å². The average molecular weight is 274 g/mol. The van der Waals surface area contributed by atoms with Gasteiger partial charge in [-0.1, -0.05) is 0 Å². The summed E-state index contributed by atoms with van der Waals surface area (Å²) in [7, 11) is 0. The Balaban J connectivity index is 1.85. The second-order valence-electron chi connectivity index (χ2n) is 5.02. The summed E-state index contributed by atoms with van der Waals surface area (Å²) in [5.41, 5.74) is 1.89. The van der Waals surface area contributed by atoms with Crippen LogP contribution in [0.5, 0.6) is 0 Å². The fraction of sp³-hybridized carbons (Fsp3) is 0.385. The number of carbonyl (C=O) groups is 2. The molecular formula is C13H14N4O3. The molecule has 0 bridgehead atoms. The normalized spacial score (nSPS) is 18.6. The number of amides is 1. The zero-order chi connectivity index (χ0) is 14.3. The van der Waals surface area contributed by atoms with Crippen LogP contribution in [0, 0.1) is 12.8 Å². The molecule has 1 aliphatic rings. The molecule has 0 saturated carbocycles. The summed E-state index contributed by atoms with van der Waals surface area (Å²) in [6, 6.07) is 1.75. The summed E-state index contributed by atoms with van der Waals surface area (Å²) in [6.07, 6.45) is 1.99. The second kappa shape index (κ2) is 4.59. The van der Waals surface area contributed by atoms with Gasteiger partial charge in [-0.05, 0) is 19.4 Å². The molecule has 1 atom stereocenters. The van der Waals surface area contributed by atoms with E-state index in [9.17, 15) is 9.59 Å². The highest BCUT2D eigenvalue weighted by Gasteiger charge is 2.31. The van der Waals surface area contributed by atoms with Crippen LogP contribution in [-0.2, 0) is 4.79 Å². The Kier molecular flexibility index (Phi) is 2.89. The molecule has 0 aromatic carbocycles. The van der Waals surface area contributed by atoms with E-state index in [1.807, 2.05) is 6.92 Å². The Morgan fingerprint density at radius 2 is 2.30 bits per heavy atom. The van der Waals surface area contributed by atoms with Gasteiger partial charge in [0.25, 0.3) is 5.91 Å². The first-order chi connectivity index (χ1) is 9.56. The van der Waals surface area contributed by atoms with E-state index < -0.39 is 11.9 Å². The van der Waals surface area contributed by atoms with Gasteiger partial charge >= 0.3 is 5.97 Å². The highest BCUT2D eigenvalue weighted by molar-refractivity contribution is 5.97. The van der Waals surface area contributed by atoms with Crippen LogP contribution in [0.3, 0.4) is 0 Å². The van der Waals surface area contributed by atoms with E-state index in [2.05, 4.69) is 15.2 Å². The van der Waals surface area contributed by atoms with Crippen LogP contribution in [0.25, 0.3) is 11.0 Å². The molecule has 0 spiro atoms. The van der Waals surface area contributed by atoms with Gasteiger partial charge in [-0.15, -0.1) is 0 Å². The van der Waals surface area contributed by atoms with Crippen molar-refractivity contribution in [1.82, 2.24) is 20.1 Å². The van der Waals surface area contributed by atoms with Crippen molar-refractivity contribution >= 4 is 22.9 Å². The number of nitrogens with zero attached hydrogens (tertiary/aromatic N) is 3. The zero-order valence-electron chi connectivity index (χ0n) is 11.0. The number of aromatic amines is 1. The maximum Gasteiger partial charge on any atom is 0.308 e. The molecule has 20 heavy (non-hydrogen) atoms. The van der Waals surface area contributed by atoms with Gasteiger partial charge < -0.3 is 10.0 Å². The number of pyridine rings is 1. The predicted molar refractivity (Wildman–Crippen MR) is 70.3 cm³/mol. The third kappa shape index (κ3) is 2.01. The van der Waals surface area contributed by atoms with E-state index in [1.165, 1.54) is 6.20 Å². The first-order valence-corrected chi connectivity index (χ1v) is 6.39. The van der Waals surface area contributed by atoms with Gasteiger partial charge in [-0.25, -0.2) is 4.98 Å². The lowest BCUT2D eigenvalue weighted by Crippen LogP contribution is -2.30. The van der Waals surface area contributed by atoms with Crippen LogP contribution >= 0.6 is 0 Å². The van der Waals surface area contributed by atoms with Crippen molar-refractivity contribution in [2.75, 3.05) is 13.1 Å². The molecule has 3 heterocycles.